The van der Waals surface area contributed by atoms with E-state index in [0.717, 1.165) is 49.1 Å². The highest BCUT2D eigenvalue weighted by molar-refractivity contribution is 7.91. The van der Waals surface area contributed by atoms with Crippen LogP contribution in [-0.2, 0) is 16.4 Å². The molecule has 0 bridgehead atoms. The summed E-state index contributed by atoms with van der Waals surface area (Å²) in [5.74, 6) is 1.47. The highest BCUT2D eigenvalue weighted by atomic mass is 32.2. The molecule has 6 rings (SSSR count). The van der Waals surface area contributed by atoms with E-state index in [2.05, 4.69) is 37.2 Å². The maximum atomic E-state index is 13.9. The molecule has 40 heavy (non-hydrogen) atoms. The van der Waals surface area contributed by atoms with E-state index in [1.54, 1.807) is 30.1 Å². The SMILES string of the molecule is CCS(=O)(=O)c1ccc(CNc2nc3cnc(-c4c(C)ncnc4C4CC4)nc3n([C@@H](C)C3CCC3)c2=O)nc1. The Balaban J connectivity index is 1.39. The van der Waals surface area contributed by atoms with Gasteiger partial charge in [0, 0.05) is 18.2 Å². The Morgan fingerprint density at radius 2 is 1.85 bits per heavy atom. The van der Waals surface area contributed by atoms with Gasteiger partial charge in [0.15, 0.2) is 27.1 Å². The summed E-state index contributed by atoms with van der Waals surface area (Å²) >= 11 is 0. The lowest BCUT2D eigenvalue weighted by molar-refractivity contribution is 0.222. The van der Waals surface area contributed by atoms with Gasteiger partial charge in [-0.2, -0.15) is 0 Å². The second kappa shape index (κ2) is 10.3. The molecule has 0 aromatic carbocycles. The quantitative estimate of drug-likeness (QED) is 0.319. The summed E-state index contributed by atoms with van der Waals surface area (Å²) in [6.07, 6.45) is 10.1. The van der Waals surface area contributed by atoms with Gasteiger partial charge < -0.3 is 5.32 Å². The molecule has 2 saturated carbocycles. The van der Waals surface area contributed by atoms with Crippen molar-refractivity contribution in [2.45, 2.75) is 76.3 Å². The summed E-state index contributed by atoms with van der Waals surface area (Å²) < 4.78 is 26.0. The lowest BCUT2D eigenvalue weighted by atomic mass is 9.80. The number of aryl methyl sites for hydroxylation is 1. The monoisotopic (exact) mass is 560 g/mol. The number of sulfone groups is 1. The zero-order valence-electron chi connectivity index (χ0n) is 22.8. The first-order valence-electron chi connectivity index (χ1n) is 13.8. The molecule has 0 amide bonds. The number of pyridine rings is 1. The molecule has 0 unspecified atom stereocenters. The summed E-state index contributed by atoms with van der Waals surface area (Å²) in [4.78, 5) is 41.4. The minimum Gasteiger partial charge on any atom is -0.360 e. The van der Waals surface area contributed by atoms with E-state index >= 15 is 0 Å². The van der Waals surface area contributed by atoms with E-state index in [1.165, 1.54) is 12.3 Å². The molecule has 0 radical (unpaired) electrons. The maximum absolute atomic E-state index is 13.9. The third-order valence-corrected chi connectivity index (χ3v) is 9.82. The third-order valence-electron chi connectivity index (χ3n) is 8.10. The van der Waals surface area contributed by atoms with Crippen molar-refractivity contribution in [1.82, 2.24) is 34.5 Å². The topological polar surface area (TPSA) is 146 Å². The molecule has 4 aromatic rings. The minimum absolute atomic E-state index is 0.00848. The van der Waals surface area contributed by atoms with Crippen LogP contribution >= 0.6 is 0 Å². The van der Waals surface area contributed by atoms with Crippen LogP contribution in [0.2, 0.25) is 0 Å². The first kappa shape index (κ1) is 26.4. The van der Waals surface area contributed by atoms with Crippen LogP contribution in [0.4, 0.5) is 5.82 Å². The fraction of sp³-hybridized carbons (Fsp3) is 0.464. The van der Waals surface area contributed by atoms with Gasteiger partial charge in [0.2, 0.25) is 0 Å². The van der Waals surface area contributed by atoms with Gasteiger partial charge in [-0.25, -0.2) is 33.3 Å². The zero-order chi connectivity index (χ0) is 28.0. The molecule has 208 valence electrons. The van der Waals surface area contributed by atoms with Crippen molar-refractivity contribution < 1.29 is 8.42 Å². The molecule has 1 N–H and O–H groups in total. The van der Waals surface area contributed by atoms with Crippen molar-refractivity contribution in [2.24, 2.45) is 5.92 Å². The van der Waals surface area contributed by atoms with Crippen molar-refractivity contribution in [2.75, 3.05) is 11.1 Å². The van der Waals surface area contributed by atoms with Gasteiger partial charge in [-0.15, -0.1) is 0 Å². The van der Waals surface area contributed by atoms with Gasteiger partial charge in [0.1, 0.15) is 11.8 Å². The van der Waals surface area contributed by atoms with Gasteiger partial charge >= 0.3 is 0 Å². The van der Waals surface area contributed by atoms with Crippen LogP contribution in [-0.4, -0.2) is 48.6 Å². The predicted octanol–water partition coefficient (Wildman–Crippen LogP) is 3.99. The number of fused-ring (bicyclic) bond motifs is 1. The first-order valence-corrected chi connectivity index (χ1v) is 15.4. The molecular weight excluding hydrogens is 528 g/mol. The van der Waals surface area contributed by atoms with Gasteiger partial charge in [0.05, 0.1) is 46.0 Å². The van der Waals surface area contributed by atoms with E-state index in [-0.39, 0.29) is 34.6 Å². The molecule has 2 aliphatic rings. The highest BCUT2D eigenvalue weighted by Crippen LogP contribution is 2.43. The van der Waals surface area contributed by atoms with Crippen molar-refractivity contribution in [3.8, 4) is 11.4 Å². The van der Waals surface area contributed by atoms with Crippen LogP contribution < -0.4 is 10.9 Å². The van der Waals surface area contributed by atoms with Crippen molar-refractivity contribution >= 4 is 26.8 Å². The first-order chi connectivity index (χ1) is 19.3. The average molecular weight is 561 g/mol. The molecule has 0 spiro atoms. The zero-order valence-corrected chi connectivity index (χ0v) is 23.6. The number of rotatable bonds is 9. The number of hydrogen-bond donors (Lipinski definition) is 1. The standard InChI is InChI=1S/C28H32N8O3S/c1-4-40(38,39)21-11-10-20(29-13-21)12-30-26-28(37)36(17(3)18-6-5-7-18)27-22(34-26)14-31-25(35-27)23-16(2)32-15-33-24(23)19-8-9-19/h10-11,13-15,17-19H,4-9,12H2,1-3H3,(H,30,34)/t17-/m0/s1. The summed E-state index contributed by atoms with van der Waals surface area (Å²) in [5, 5.41) is 3.12. The molecule has 2 aliphatic carbocycles. The van der Waals surface area contributed by atoms with Crippen LogP contribution in [0.25, 0.3) is 22.6 Å². The van der Waals surface area contributed by atoms with Crippen molar-refractivity contribution in [1.29, 1.82) is 0 Å². The van der Waals surface area contributed by atoms with E-state index in [9.17, 15) is 13.2 Å². The lowest BCUT2D eigenvalue weighted by Gasteiger charge is -2.33. The van der Waals surface area contributed by atoms with Gasteiger partial charge in [0.25, 0.3) is 5.56 Å². The van der Waals surface area contributed by atoms with E-state index in [0.29, 0.717) is 34.5 Å². The highest BCUT2D eigenvalue weighted by Gasteiger charge is 2.31. The normalized spacial score (nSPS) is 16.6. The second-order valence-electron chi connectivity index (χ2n) is 10.7. The molecule has 2 fully saturated rings. The molecule has 12 heteroatoms. The fourth-order valence-electron chi connectivity index (χ4n) is 5.22. The molecule has 4 aromatic heterocycles. The molecular formula is C28H32N8O3S. The maximum Gasteiger partial charge on any atom is 0.295 e. The largest absolute Gasteiger partial charge is 0.360 e. The van der Waals surface area contributed by atoms with Crippen molar-refractivity contribution in [3.63, 3.8) is 0 Å². The van der Waals surface area contributed by atoms with E-state index in [1.807, 2.05) is 6.92 Å². The van der Waals surface area contributed by atoms with E-state index < -0.39 is 9.84 Å². The summed E-state index contributed by atoms with van der Waals surface area (Å²) in [5.41, 5.74) is 3.95. The Morgan fingerprint density at radius 3 is 2.50 bits per heavy atom. The molecule has 11 nitrogen and oxygen atoms in total. The van der Waals surface area contributed by atoms with Gasteiger partial charge in [-0.3, -0.25) is 14.3 Å². The number of nitrogens with zero attached hydrogens (tertiary/aromatic N) is 7. The fourth-order valence-corrected chi connectivity index (χ4v) is 6.04. The minimum atomic E-state index is -3.33. The van der Waals surface area contributed by atoms with Crippen LogP contribution in [0.1, 0.15) is 75.0 Å². The molecule has 0 saturated heterocycles. The summed E-state index contributed by atoms with van der Waals surface area (Å²) in [6, 6.07) is 3.11. The number of hydrogen-bond acceptors (Lipinski definition) is 10. The Kier molecular flexibility index (Phi) is 6.81. The Hall–Kier alpha value is -3.80. The Bertz CT molecular complexity index is 1750. The molecule has 4 heterocycles. The predicted molar refractivity (Wildman–Crippen MR) is 151 cm³/mol. The Labute approximate surface area is 232 Å². The number of nitrogens with one attached hydrogen (secondary N) is 1. The summed E-state index contributed by atoms with van der Waals surface area (Å²) in [6.45, 7) is 5.81. The number of aromatic nitrogens is 7. The molecule has 0 aliphatic heterocycles. The summed E-state index contributed by atoms with van der Waals surface area (Å²) in [7, 11) is -3.33. The van der Waals surface area contributed by atoms with Crippen LogP contribution in [0.15, 0.2) is 40.5 Å². The second-order valence-corrected chi connectivity index (χ2v) is 13.0. The average Bonchev–Trinajstić information content (AvgIpc) is 3.76. The lowest BCUT2D eigenvalue weighted by Crippen LogP contribution is -2.33. The number of anilines is 1. The van der Waals surface area contributed by atoms with E-state index in [4.69, 9.17) is 4.98 Å². The Morgan fingerprint density at radius 1 is 1.05 bits per heavy atom. The van der Waals surface area contributed by atoms with Crippen LogP contribution in [0.5, 0.6) is 0 Å². The van der Waals surface area contributed by atoms with Crippen molar-refractivity contribution in [3.05, 3.63) is 58.3 Å². The third kappa shape index (κ3) is 4.85. The smallest absolute Gasteiger partial charge is 0.295 e. The molecule has 1 atom stereocenters. The van der Waals surface area contributed by atoms with Gasteiger partial charge in [-0.1, -0.05) is 13.3 Å². The van der Waals surface area contributed by atoms with Crippen LogP contribution in [0, 0.1) is 12.8 Å². The van der Waals surface area contributed by atoms with Crippen LogP contribution in [0.3, 0.4) is 0 Å². The van der Waals surface area contributed by atoms with Gasteiger partial charge in [-0.05, 0) is 57.6 Å².